The summed E-state index contributed by atoms with van der Waals surface area (Å²) < 4.78 is 7.80. The lowest BCUT2D eigenvalue weighted by atomic mass is 10.2. The zero-order valence-electron chi connectivity index (χ0n) is 14.1. The standard InChI is InChI=1S/C20H15Br2N3O2/c21-17-6-5-16(19(22)10-17)13-27-18-7-3-14(4-8-18)11-24-25-20(26)15-2-1-9-23-12-15/h1-12H,13H2,(H,25,26). The van der Waals surface area contributed by atoms with E-state index in [9.17, 15) is 4.79 Å². The average Bonchev–Trinajstić information content (AvgIpc) is 2.69. The molecule has 0 saturated carbocycles. The maximum absolute atomic E-state index is 11.9. The van der Waals surface area contributed by atoms with Gasteiger partial charge in [0, 0.05) is 26.9 Å². The van der Waals surface area contributed by atoms with Gasteiger partial charge in [-0.05, 0) is 54.1 Å². The number of aromatic nitrogens is 1. The highest BCUT2D eigenvalue weighted by Crippen LogP contribution is 2.23. The fourth-order valence-electron chi connectivity index (χ4n) is 2.18. The summed E-state index contributed by atoms with van der Waals surface area (Å²) in [4.78, 5) is 15.8. The monoisotopic (exact) mass is 487 g/mol. The highest BCUT2D eigenvalue weighted by atomic mass is 79.9. The molecule has 0 saturated heterocycles. The summed E-state index contributed by atoms with van der Waals surface area (Å²) in [6, 6.07) is 16.8. The molecular formula is C20H15Br2N3O2. The Morgan fingerprint density at radius 2 is 1.96 bits per heavy atom. The van der Waals surface area contributed by atoms with Crippen molar-refractivity contribution in [1.82, 2.24) is 10.4 Å². The third-order valence-electron chi connectivity index (χ3n) is 3.59. The SMILES string of the molecule is O=C(NN=Cc1ccc(OCc2ccc(Br)cc2Br)cc1)c1cccnc1. The van der Waals surface area contributed by atoms with E-state index in [1.165, 1.54) is 6.20 Å². The van der Waals surface area contributed by atoms with Crippen LogP contribution in [0.3, 0.4) is 0 Å². The molecule has 0 radical (unpaired) electrons. The number of carbonyl (C=O) groups excluding carboxylic acids is 1. The van der Waals surface area contributed by atoms with Crippen molar-refractivity contribution >= 4 is 44.0 Å². The molecule has 1 N–H and O–H groups in total. The molecular weight excluding hydrogens is 474 g/mol. The van der Waals surface area contributed by atoms with E-state index in [0.29, 0.717) is 12.2 Å². The van der Waals surface area contributed by atoms with Gasteiger partial charge in [-0.25, -0.2) is 5.43 Å². The van der Waals surface area contributed by atoms with E-state index in [0.717, 1.165) is 25.8 Å². The summed E-state index contributed by atoms with van der Waals surface area (Å²) in [6.07, 6.45) is 4.67. The second-order valence-corrected chi connectivity index (χ2v) is 7.30. The maximum atomic E-state index is 11.9. The minimum atomic E-state index is -0.306. The van der Waals surface area contributed by atoms with Crippen LogP contribution >= 0.6 is 31.9 Å². The molecule has 136 valence electrons. The number of carbonyl (C=O) groups is 1. The van der Waals surface area contributed by atoms with Crippen LogP contribution in [0, 0.1) is 0 Å². The molecule has 3 rings (SSSR count). The normalized spacial score (nSPS) is 10.7. The molecule has 2 aromatic carbocycles. The van der Waals surface area contributed by atoms with Crippen molar-refractivity contribution in [1.29, 1.82) is 0 Å². The van der Waals surface area contributed by atoms with Gasteiger partial charge in [0.15, 0.2) is 0 Å². The van der Waals surface area contributed by atoms with E-state index >= 15 is 0 Å². The molecule has 1 amide bonds. The number of rotatable bonds is 6. The molecule has 1 aromatic heterocycles. The van der Waals surface area contributed by atoms with Crippen LogP contribution in [-0.4, -0.2) is 17.1 Å². The predicted molar refractivity (Wildman–Crippen MR) is 112 cm³/mol. The van der Waals surface area contributed by atoms with Crippen LogP contribution in [0.1, 0.15) is 21.5 Å². The van der Waals surface area contributed by atoms with Crippen LogP contribution in [0.5, 0.6) is 5.75 Å². The predicted octanol–water partition coefficient (Wildman–Crippen LogP) is 4.95. The number of ether oxygens (including phenoxy) is 1. The van der Waals surface area contributed by atoms with Crippen LogP contribution in [0.2, 0.25) is 0 Å². The molecule has 0 spiro atoms. The minimum Gasteiger partial charge on any atom is -0.489 e. The summed E-state index contributed by atoms with van der Waals surface area (Å²) in [7, 11) is 0. The Labute approximate surface area is 173 Å². The van der Waals surface area contributed by atoms with Gasteiger partial charge in [-0.15, -0.1) is 0 Å². The number of nitrogens with zero attached hydrogens (tertiary/aromatic N) is 2. The zero-order chi connectivity index (χ0) is 19.1. The first-order valence-electron chi connectivity index (χ1n) is 8.02. The Morgan fingerprint density at radius 1 is 1.15 bits per heavy atom. The fraction of sp³-hybridized carbons (Fsp3) is 0.0500. The lowest BCUT2D eigenvalue weighted by molar-refractivity contribution is 0.0955. The quantitative estimate of drug-likeness (QED) is 0.394. The highest BCUT2D eigenvalue weighted by molar-refractivity contribution is 9.11. The number of pyridine rings is 1. The number of hydrazone groups is 1. The van der Waals surface area contributed by atoms with Gasteiger partial charge in [0.25, 0.3) is 5.91 Å². The third kappa shape index (κ3) is 5.74. The van der Waals surface area contributed by atoms with Crippen molar-refractivity contribution in [3.63, 3.8) is 0 Å². The van der Waals surface area contributed by atoms with Gasteiger partial charge in [0.1, 0.15) is 12.4 Å². The molecule has 0 aliphatic carbocycles. The van der Waals surface area contributed by atoms with Crippen molar-refractivity contribution < 1.29 is 9.53 Å². The molecule has 0 unspecified atom stereocenters. The van der Waals surface area contributed by atoms with Gasteiger partial charge in [-0.3, -0.25) is 9.78 Å². The molecule has 5 nitrogen and oxygen atoms in total. The Morgan fingerprint density at radius 3 is 2.67 bits per heavy atom. The topological polar surface area (TPSA) is 63.6 Å². The summed E-state index contributed by atoms with van der Waals surface area (Å²) in [5.74, 6) is 0.445. The van der Waals surface area contributed by atoms with E-state index < -0.39 is 0 Å². The second-order valence-electron chi connectivity index (χ2n) is 5.53. The van der Waals surface area contributed by atoms with Crippen LogP contribution in [0.4, 0.5) is 0 Å². The lowest BCUT2D eigenvalue weighted by Gasteiger charge is -2.08. The molecule has 0 bridgehead atoms. The summed E-state index contributed by atoms with van der Waals surface area (Å²) in [5, 5.41) is 3.96. The van der Waals surface area contributed by atoms with Crippen molar-refractivity contribution in [3.8, 4) is 5.75 Å². The minimum absolute atomic E-state index is 0.306. The Kier molecular flexibility index (Phi) is 6.73. The largest absolute Gasteiger partial charge is 0.489 e. The van der Waals surface area contributed by atoms with Gasteiger partial charge in [0.2, 0.25) is 0 Å². The second kappa shape index (κ2) is 9.43. The lowest BCUT2D eigenvalue weighted by Crippen LogP contribution is -2.17. The molecule has 0 atom stereocenters. The molecule has 3 aromatic rings. The Hall–Kier alpha value is -2.51. The van der Waals surface area contributed by atoms with E-state index in [-0.39, 0.29) is 5.91 Å². The van der Waals surface area contributed by atoms with Crippen molar-refractivity contribution in [3.05, 3.63) is 92.6 Å². The van der Waals surface area contributed by atoms with Crippen molar-refractivity contribution in [2.75, 3.05) is 0 Å². The molecule has 1 heterocycles. The number of nitrogens with one attached hydrogen (secondary N) is 1. The van der Waals surface area contributed by atoms with Crippen LogP contribution in [0.15, 0.2) is 81.0 Å². The Balaban J connectivity index is 1.53. The average molecular weight is 489 g/mol. The van der Waals surface area contributed by atoms with E-state index in [4.69, 9.17) is 4.74 Å². The Bertz CT molecular complexity index is 945. The number of benzene rings is 2. The molecule has 7 heteroatoms. The van der Waals surface area contributed by atoms with Gasteiger partial charge < -0.3 is 4.74 Å². The van der Waals surface area contributed by atoms with E-state index in [1.54, 1.807) is 24.5 Å². The van der Waals surface area contributed by atoms with Crippen LogP contribution in [0.25, 0.3) is 0 Å². The molecule has 0 aliphatic heterocycles. The van der Waals surface area contributed by atoms with Gasteiger partial charge >= 0.3 is 0 Å². The molecule has 0 fully saturated rings. The molecule has 0 aliphatic rings. The highest BCUT2D eigenvalue weighted by Gasteiger charge is 2.03. The first kappa shape index (κ1) is 19.3. The fourth-order valence-corrected chi connectivity index (χ4v) is 3.34. The van der Waals surface area contributed by atoms with E-state index in [1.807, 2.05) is 42.5 Å². The number of halogens is 2. The maximum Gasteiger partial charge on any atom is 0.272 e. The number of hydrogen-bond acceptors (Lipinski definition) is 4. The first-order chi connectivity index (χ1) is 13.1. The van der Waals surface area contributed by atoms with Gasteiger partial charge in [-0.1, -0.05) is 37.9 Å². The van der Waals surface area contributed by atoms with Crippen molar-refractivity contribution in [2.45, 2.75) is 6.61 Å². The number of amides is 1. The first-order valence-corrected chi connectivity index (χ1v) is 9.60. The number of hydrogen-bond donors (Lipinski definition) is 1. The van der Waals surface area contributed by atoms with Crippen LogP contribution < -0.4 is 10.2 Å². The zero-order valence-corrected chi connectivity index (χ0v) is 17.3. The van der Waals surface area contributed by atoms with E-state index in [2.05, 4.69) is 47.4 Å². The summed E-state index contributed by atoms with van der Waals surface area (Å²) in [5.41, 5.74) is 4.83. The van der Waals surface area contributed by atoms with Crippen molar-refractivity contribution in [2.24, 2.45) is 5.10 Å². The summed E-state index contributed by atoms with van der Waals surface area (Å²) >= 11 is 6.95. The van der Waals surface area contributed by atoms with Gasteiger partial charge in [-0.2, -0.15) is 5.10 Å². The third-order valence-corrected chi connectivity index (χ3v) is 4.82. The van der Waals surface area contributed by atoms with Gasteiger partial charge in [0.05, 0.1) is 11.8 Å². The van der Waals surface area contributed by atoms with Crippen LogP contribution in [-0.2, 0) is 6.61 Å². The summed E-state index contributed by atoms with van der Waals surface area (Å²) in [6.45, 7) is 0.461. The molecule has 27 heavy (non-hydrogen) atoms. The smallest absolute Gasteiger partial charge is 0.272 e.